The number of aromatic nitrogens is 2. The lowest BCUT2D eigenvalue weighted by atomic mass is 10.0. The third-order valence-electron chi connectivity index (χ3n) is 5.91. The number of Topliss-reactive ketones (excluding diaryl/α,β-unsaturated/α-hetero) is 1. The van der Waals surface area contributed by atoms with E-state index in [-0.39, 0.29) is 10.7 Å². The van der Waals surface area contributed by atoms with Gasteiger partial charge >= 0.3 is 0 Å². The van der Waals surface area contributed by atoms with E-state index in [0.717, 1.165) is 17.1 Å². The number of ketones is 1. The van der Waals surface area contributed by atoms with Gasteiger partial charge < -0.3 is 4.90 Å². The molecule has 166 valence electrons. The molecule has 8 heteroatoms. The second-order valence-corrected chi connectivity index (χ2v) is 9.99. The standard InChI is InChI=1S/C24H26N4O3S/c1-17-4-5-21(16-18(17)2)23-10-11-24(26-25-23)27-12-14-28(15-13-27)32(30,31)22-8-6-20(7-9-22)19(3)29/h4-11,16H,12-15H2,1-3H3. The van der Waals surface area contributed by atoms with Crippen molar-refractivity contribution in [3.8, 4) is 11.3 Å². The van der Waals surface area contributed by atoms with Gasteiger partial charge in [0.05, 0.1) is 10.6 Å². The van der Waals surface area contributed by atoms with Crippen molar-refractivity contribution in [2.75, 3.05) is 31.1 Å². The van der Waals surface area contributed by atoms with Crippen LogP contribution in [-0.4, -0.2) is 54.9 Å². The Kier molecular flexibility index (Phi) is 6.08. The van der Waals surface area contributed by atoms with Crippen LogP contribution in [0.2, 0.25) is 0 Å². The molecule has 0 amide bonds. The van der Waals surface area contributed by atoms with Crippen LogP contribution in [0, 0.1) is 13.8 Å². The van der Waals surface area contributed by atoms with Crippen LogP contribution in [0.25, 0.3) is 11.3 Å². The summed E-state index contributed by atoms with van der Waals surface area (Å²) >= 11 is 0. The van der Waals surface area contributed by atoms with E-state index in [9.17, 15) is 13.2 Å². The van der Waals surface area contributed by atoms with Crippen molar-refractivity contribution >= 4 is 21.6 Å². The molecule has 0 N–H and O–H groups in total. The lowest BCUT2D eigenvalue weighted by molar-refractivity contribution is 0.101. The third kappa shape index (κ3) is 4.42. The molecule has 0 spiro atoms. The van der Waals surface area contributed by atoms with Gasteiger partial charge in [-0.15, -0.1) is 10.2 Å². The Bertz CT molecular complexity index is 1230. The van der Waals surface area contributed by atoms with Crippen LogP contribution in [0.5, 0.6) is 0 Å². The zero-order valence-electron chi connectivity index (χ0n) is 18.4. The number of carbonyl (C=O) groups excluding carboxylic acids is 1. The Balaban J connectivity index is 1.43. The maximum Gasteiger partial charge on any atom is 0.243 e. The van der Waals surface area contributed by atoms with Crippen molar-refractivity contribution < 1.29 is 13.2 Å². The van der Waals surface area contributed by atoms with Gasteiger partial charge in [-0.25, -0.2) is 8.42 Å². The van der Waals surface area contributed by atoms with Crippen molar-refractivity contribution in [2.45, 2.75) is 25.7 Å². The molecule has 4 rings (SSSR count). The van der Waals surface area contributed by atoms with Crippen molar-refractivity contribution in [3.63, 3.8) is 0 Å². The van der Waals surface area contributed by atoms with E-state index < -0.39 is 10.0 Å². The van der Waals surface area contributed by atoms with E-state index in [1.54, 1.807) is 12.1 Å². The molecule has 3 aromatic rings. The summed E-state index contributed by atoms with van der Waals surface area (Å²) in [6.45, 7) is 7.39. The molecule has 0 unspecified atom stereocenters. The Morgan fingerprint density at radius 3 is 2.09 bits per heavy atom. The number of hydrogen-bond donors (Lipinski definition) is 0. The second kappa shape index (κ2) is 8.80. The van der Waals surface area contributed by atoms with Gasteiger partial charge in [-0.05, 0) is 62.2 Å². The minimum Gasteiger partial charge on any atom is -0.352 e. The Morgan fingerprint density at radius 1 is 0.844 bits per heavy atom. The summed E-state index contributed by atoms with van der Waals surface area (Å²) < 4.78 is 27.4. The van der Waals surface area contributed by atoms with Crippen LogP contribution in [0.4, 0.5) is 5.82 Å². The number of piperazine rings is 1. The average Bonchev–Trinajstić information content (AvgIpc) is 2.81. The van der Waals surface area contributed by atoms with Crippen molar-refractivity contribution in [3.05, 3.63) is 71.3 Å². The zero-order valence-corrected chi connectivity index (χ0v) is 19.3. The number of nitrogens with zero attached hydrogens (tertiary/aromatic N) is 4. The quantitative estimate of drug-likeness (QED) is 0.554. The fourth-order valence-corrected chi connectivity index (χ4v) is 5.14. The van der Waals surface area contributed by atoms with Crippen molar-refractivity contribution in [1.29, 1.82) is 0 Å². The number of anilines is 1. The summed E-state index contributed by atoms with van der Waals surface area (Å²) in [5, 5.41) is 8.76. The van der Waals surface area contributed by atoms with Crippen LogP contribution in [0.3, 0.4) is 0 Å². The first-order valence-electron chi connectivity index (χ1n) is 10.5. The van der Waals surface area contributed by atoms with Gasteiger partial charge in [0.25, 0.3) is 0 Å². The van der Waals surface area contributed by atoms with E-state index in [4.69, 9.17) is 0 Å². The Morgan fingerprint density at radius 2 is 1.53 bits per heavy atom. The maximum atomic E-state index is 13.0. The molecule has 7 nitrogen and oxygen atoms in total. The minimum atomic E-state index is -3.60. The number of sulfonamides is 1. The van der Waals surface area contributed by atoms with Gasteiger partial charge in [0, 0.05) is 37.3 Å². The van der Waals surface area contributed by atoms with Crippen LogP contribution in [-0.2, 0) is 10.0 Å². The van der Waals surface area contributed by atoms with Gasteiger partial charge in [0.15, 0.2) is 11.6 Å². The molecular weight excluding hydrogens is 424 g/mol. The van der Waals surface area contributed by atoms with Gasteiger partial charge in [-0.3, -0.25) is 4.79 Å². The van der Waals surface area contributed by atoms with Crippen molar-refractivity contribution in [2.24, 2.45) is 0 Å². The number of benzene rings is 2. The summed E-state index contributed by atoms with van der Waals surface area (Å²) in [4.78, 5) is 13.7. The van der Waals surface area contributed by atoms with Crippen molar-refractivity contribution in [1.82, 2.24) is 14.5 Å². The average molecular weight is 451 g/mol. The first-order chi connectivity index (χ1) is 15.3. The zero-order chi connectivity index (χ0) is 22.9. The summed E-state index contributed by atoms with van der Waals surface area (Å²) in [5.74, 6) is 0.646. The fourth-order valence-electron chi connectivity index (χ4n) is 3.72. The van der Waals surface area contributed by atoms with Crippen LogP contribution in [0.15, 0.2) is 59.5 Å². The van der Waals surface area contributed by atoms with Gasteiger partial charge in [-0.2, -0.15) is 4.31 Å². The Labute approximate surface area is 188 Å². The smallest absolute Gasteiger partial charge is 0.243 e. The molecular formula is C24H26N4O3S. The summed E-state index contributed by atoms with van der Waals surface area (Å²) in [6, 6.07) is 16.2. The first kappa shape index (κ1) is 22.1. The molecule has 32 heavy (non-hydrogen) atoms. The summed E-state index contributed by atoms with van der Waals surface area (Å²) in [5.41, 5.74) is 4.78. The Hall–Kier alpha value is -3.10. The highest BCUT2D eigenvalue weighted by atomic mass is 32.2. The summed E-state index contributed by atoms with van der Waals surface area (Å²) in [6.07, 6.45) is 0. The number of carbonyl (C=O) groups is 1. The number of rotatable bonds is 5. The molecule has 1 aromatic heterocycles. The van der Waals surface area contributed by atoms with Crippen LogP contribution >= 0.6 is 0 Å². The molecule has 1 fully saturated rings. The van der Waals surface area contributed by atoms with Crippen LogP contribution < -0.4 is 4.90 Å². The third-order valence-corrected chi connectivity index (χ3v) is 7.83. The molecule has 2 heterocycles. The van der Waals surface area contributed by atoms with Gasteiger partial charge in [0.2, 0.25) is 10.0 Å². The minimum absolute atomic E-state index is 0.0906. The van der Waals surface area contributed by atoms with E-state index in [1.165, 1.54) is 34.5 Å². The molecule has 0 aliphatic carbocycles. The molecule has 1 aliphatic rings. The monoisotopic (exact) mass is 450 g/mol. The van der Waals surface area contributed by atoms with Gasteiger partial charge in [-0.1, -0.05) is 24.3 Å². The predicted molar refractivity (Wildman–Crippen MR) is 124 cm³/mol. The first-order valence-corrected chi connectivity index (χ1v) is 12.0. The second-order valence-electron chi connectivity index (χ2n) is 8.05. The molecule has 0 saturated carbocycles. The van der Waals surface area contributed by atoms with E-state index in [0.29, 0.717) is 31.7 Å². The highest BCUT2D eigenvalue weighted by molar-refractivity contribution is 7.89. The molecule has 0 atom stereocenters. The number of aryl methyl sites for hydroxylation is 2. The lowest BCUT2D eigenvalue weighted by Gasteiger charge is -2.34. The molecule has 0 radical (unpaired) electrons. The SMILES string of the molecule is CC(=O)c1ccc(S(=O)(=O)N2CCN(c3ccc(-c4ccc(C)c(C)c4)nn3)CC2)cc1. The molecule has 0 bridgehead atoms. The lowest BCUT2D eigenvalue weighted by Crippen LogP contribution is -2.49. The summed E-state index contributed by atoms with van der Waals surface area (Å²) in [7, 11) is -3.60. The topological polar surface area (TPSA) is 83.5 Å². The fraction of sp³-hybridized carbons (Fsp3) is 0.292. The van der Waals surface area contributed by atoms with E-state index >= 15 is 0 Å². The largest absolute Gasteiger partial charge is 0.352 e. The maximum absolute atomic E-state index is 13.0. The predicted octanol–water partition coefficient (Wildman–Crippen LogP) is 3.47. The number of hydrogen-bond acceptors (Lipinski definition) is 6. The molecule has 1 saturated heterocycles. The molecule has 1 aliphatic heterocycles. The highest BCUT2D eigenvalue weighted by Gasteiger charge is 2.29. The van der Waals surface area contributed by atoms with E-state index in [2.05, 4.69) is 36.2 Å². The van der Waals surface area contributed by atoms with E-state index in [1.807, 2.05) is 23.1 Å². The normalized spacial score (nSPS) is 15.0. The highest BCUT2D eigenvalue weighted by Crippen LogP contribution is 2.23. The van der Waals surface area contributed by atoms with Crippen LogP contribution in [0.1, 0.15) is 28.4 Å². The van der Waals surface area contributed by atoms with Gasteiger partial charge in [0.1, 0.15) is 0 Å². The molecule has 2 aromatic carbocycles.